The SMILES string of the molecule is CCOc1cccc2[nH]c(C(=O)NCC(=O)N[C@H](C#N)C[C@@H]3CCCNC3=O)cc12. The van der Waals surface area contributed by atoms with E-state index in [2.05, 4.69) is 20.9 Å². The number of ether oxygens (including phenoxy) is 1. The fourth-order valence-corrected chi connectivity index (χ4v) is 3.52. The summed E-state index contributed by atoms with van der Waals surface area (Å²) in [7, 11) is 0. The third kappa shape index (κ3) is 5.08. The second-order valence-electron chi connectivity index (χ2n) is 7.13. The summed E-state index contributed by atoms with van der Waals surface area (Å²) in [6.07, 6.45) is 1.80. The van der Waals surface area contributed by atoms with Crippen LogP contribution in [0.5, 0.6) is 5.75 Å². The predicted molar refractivity (Wildman–Crippen MR) is 110 cm³/mol. The minimum absolute atomic E-state index is 0.0886. The van der Waals surface area contributed by atoms with Gasteiger partial charge in [0.1, 0.15) is 17.5 Å². The first-order valence-electron chi connectivity index (χ1n) is 10.0. The third-order valence-corrected chi connectivity index (χ3v) is 4.99. The van der Waals surface area contributed by atoms with E-state index in [1.54, 1.807) is 6.07 Å². The van der Waals surface area contributed by atoms with Gasteiger partial charge in [0.25, 0.3) is 5.91 Å². The number of fused-ring (bicyclic) bond motifs is 1. The Hall–Kier alpha value is -3.54. The molecule has 0 aliphatic carbocycles. The fraction of sp³-hybridized carbons (Fsp3) is 0.429. The van der Waals surface area contributed by atoms with Crippen LogP contribution in [0.25, 0.3) is 10.9 Å². The summed E-state index contributed by atoms with van der Waals surface area (Å²) in [6.45, 7) is 2.76. The zero-order valence-corrected chi connectivity index (χ0v) is 16.8. The maximum Gasteiger partial charge on any atom is 0.268 e. The lowest BCUT2D eigenvalue weighted by atomic mass is 9.92. The number of carbonyl (C=O) groups excluding carboxylic acids is 3. The van der Waals surface area contributed by atoms with Crippen molar-refractivity contribution in [1.29, 1.82) is 5.26 Å². The maximum absolute atomic E-state index is 12.4. The maximum atomic E-state index is 12.4. The van der Waals surface area contributed by atoms with Crippen molar-refractivity contribution < 1.29 is 19.1 Å². The van der Waals surface area contributed by atoms with Crippen molar-refractivity contribution in [2.45, 2.75) is 32.2 Å². The van der Waals surface area contributed by atoms with Crippen LogP contribution in [-0.2, 0) is 9.59 Å². The standard InChI is InChI=1S/C21H25N5O4/c1-2-30-18-7-3-6-16-15(18)10-17(26-16)21(29)24-12-19(27)25-14(11-22)9-13-5-4-8-23-20(13)28/h3,6-7,10,13-14,26H,2,4-5,8-9,12H2,1H3,(H,23,28)(H,24,29)(H,25,27)/t13-,14-/m0/s1. The van der Waals surface area contributed by atoms with Crippen molar-refractivity contribution in [3.63, 3.8) is 0 Å². The summed E-state index contributed by atoms with van der Waals surface area (Å²) in [5.74, 6) is -0.633. The number of nitriles is 1. The Bertz CT molecular complexity index is 977. The number of H-pyrrole nitrogens is 1. The molecule has 0 unspecified atom stereocenters. The lowest BCUT2D eigenvalue weighted by molar-refractivity contribution is -0.127. The Morgan fingerprint density at radius 1 is 1.40 bits per heavy atom. The van der Waals surface area contributed by atoms with E-state index in [0.29, 0.717) is 31.0 Å². The van der Waals surface area contributed by atoms with Crippen LogP contribution in [0.1, 0.15) is 36.7 Å². The van der Waals surface area contributed by atoms with E-state index < -0.39 is 17.9 Å². The Labute approximate surface area is 174 Å². The fourth-order valence-electron chi connectivity index (χ4n) is 3.52. The number of nitrogens with one attached hydrogen (secondary N) is 4. The molecule has 0 spiro atoms. The van der Waals surface area contributed by atoms with E-state index in [1.807, 2.05) is 31.2 Å². The van der Waals surface area contributed by atoms with Crippen LogP contribution < -0.4 is 20.7 Å². The summed E-state index contributed by atoms with van der Waals surface area (Å²) in [5, 5.41) is 18.0. The van der Waals surface area contributed by atoms with Crippen molar-refractivity contribution in [2.75, 3.05) is 19.7 Å². The van der Waals surface area contributed by atoms with E-state index in [4.69, 9.17) is 4.74 Å². The molecule has 9 nitrogen and oxygen atoms in total. The number of piperidine rings is 1. The highest BCUT2D eigenvalue weighted by molar-refractivity contribution is 6.00. The third-order valence-electron chi connectivity index (χ3n) is 4.99. The smallest absolute Gasteiger partial charge is 0.268 e. The molecule has 3 rings (SSSR count). The molecular weight excluding hydrogens is 386 g/mol. The first-order valence-corrected chi connectivity index (χ1v) is 10.0. The van der Waals surface area contributed by atoms with Crippen LogP contribution in [0.2, 0.25) is 0 Å². The van der Waals surface area contributed by atoms with Crippen LogP contribution in [0.3, 0.4) is 0 Å². The molecule has 4 N–H and O–H groups in total. The number of hydrogen-bond acceptors (Lipinski definition) is 5. The summed E-state index contributed by atoms with van der Waals surface area (Å²) in [6, 6.07) is 8.38. The number of nitrogens with zero attached hydrogens (tertiary/aromatic N) is 1. The number of benzene rings is 1. The van der Waals surface area contributed by atoms with Gasteiger partial charge in [0.05, 0.1) is 19.2 Å². The van der Waals surface area contributed by atoms with E-state index in [0.717, 1.165) is 17.3 Å². The van der Waals surface area contributed by atoms with Gasteiger partial charge >= 0.3 is 0 Å². The summed E-state index contributed by atoms with van der Waals surface area (Å²) in [5.41, 5.74) is 1.06. The highest BCUT2D eigenvalue weighted by Crippen LogP contribution is 2.26. The minimum atomic E-state index is -0.787. The molecule has 2 heterocycles. The van der Waals surface area contributed by atoms with Crippen molar-refractivity contribution >= 4 is 28.6 Å². The summed E-state index contributed by atoms with van der Waals surface area (Å²) in [4.78, 5) is 39.4. The largest absolute Gasteiger partial charge is 0.493 e. The Kier molecular flexibility index (Phi) is 6.91. The molecule has 1 aromatic heterocycles. The molecule has 2 atom stereocenters. The van der Waals surface area contributed by atoms with Gasteiger partial charge in [-0.05, 0) is 44.4 Å². The molecule has 1 fully saturated rings. The van der Waals surface area contributed by atoms with Crippen molar-refractivity contribution in [3.8, 4) is 11.8 Å². The zero-order chi connectivity index (χ0) is 21.5. The monoisotopic (exact) mass is 411 g/mol. The van der Waals surface area contributed by atoms with Gasteiger partial charge in [-0.15, -0.1) is 0 Å². The normalized spacial score (nSPS) is 16.9. The number of aromatic amines is 1. The minimum Gasteiger partial charge on any atom is -0.493 e. The van der Waals surface area contributed by atoms with Gasteiger partial charge < -0.3 is 25.7 Å². The number of carbonyl (C=O) groups is 3. The molecular formula is C21H25N5O4. The first-order chi connectivity index (χ1) is 14.5. The molecule has 1 aliphatic rings. The number of hydrogen-bond donors (Lipinski definition) is 4. The second-order valence-corrected chi connectivity index (χ2v) is 7.13. The molecule has 1 aromatic carbocycles. The van der Waals surface area contributed by atoms with Crippen molar-refractivity contribution in [2.24, 2.45) is 5.92 Å². The van der Waals surface area contributed by atoms with Gasteiger partial charge in [0, 0.05) is 23.4 Å². The molecule has 1 saturated heterocycles. The molecule has 0 bridgehead atoms. The van der Waals surface area contributed by atoms with Crippen LogP contribution >= 0.6 is 0 Å². The van der Waals surface area contributed by atoms with Crippen LogP contribution in [-0.4, -0.2) is 48.4 Å². The van der Waals surface area contributed by atoms with E-state index in [-0.39, 0.29) is 24.8 Å². The average Bonchev–Trinajstić information content (AvgIpc) is 3.19. The van der Waals surface area contributed by atoms with E-state index in [1.165, 1.54) is 0 Å². The molecule has 3 amide bonds. The van der Waals surface area contributed by atoms with Gasteiger partial charge in [-0.2, -0.15) is 5.26 Å². The first kappa shape index (κ1) is 21.2. The summed E-state index contributed by atoms with van der Waals surface area (Å²) < 4.78 is 5.56. The highest BCUT2D eigenvalue weighted by atomic mass is 16.5. The van der Waals surface area contributed by atoms with Gasteiger partial charge in [0.15, 0.2) is 0 Å². The van der Waals surface area contributed by atoms with Crippen molar-refractivity contribution in [3.05, 3.63) is 30.0 Å². The topological polar surface area (TPSA) is 136 Å². The Morgan fingerprint density at radius 3 is 2.97 bits per heavy atom. The number of aromatic nitrogens is 1. The number of rotatable bonds is 8. The quantitative estimate of drug-likeness (QED) is 0.518. The predicted octanol–water partition coefficient (Wildman–Crippen LogP) is 1.22. The Morgan fingerprint density at radius 2 is 2.23 bits per heavy atom. The van der Waals surface area contributed by atoms with E-state index >= 15 is 0 Å². The van der Waals surface area contributed by atoms with Crippen LogP contribution in [0.15, 0.2) is 24.3 Å². The summed E-state index contributed by atoms with van der Waals surface area (Å²) >= 11 is 0. The average molecular weight is 411 g/mol. The Balaban J connectivity index is 1.54. The lowest BCUT2D eigenvalue weighted by Crippen LogP contribution is -2.44. The molecule has 1 aliphatic heterocycles. The molecule has 158 valence electrons. The van der Waals surface area contributed by atoms with Gasteiger partial charge in [-0.3, -0.25) is 14.4 Å². The number of amides is 3. The van der Waals surface area contributed by atoms with E-state index in [9.17, 15) is 19.6 Å². The molecule has 30 heavy (non-hydrogen) atoms. The zero-order valence-electron chi connectivity index (χ0n) is 16.8. The van der Waals surface area contributed by atoms with Gasteiger partial charge in [-0.1, -0.05) is 6.07 Å². The van der Waals surface area contributed by atoms with Gasteiger partial charge in [-0.25, -0.2) is 0 Å². The van der Waals surface area contributed by atoms with Crippen molar-refractivity contribution in [1.82, 2.24) is 20.9 Å². The molecule has 0 radical (unpaired) electrons. The van der Waals surface area contributed by atoms with Crippen LogP contribution in [0, 0.1) is 17.2 Å². The molecule has 9 heteroatoms. The van der Waals surface area contributed by atoms with Crippen LogP contribution in [0.4, 0.5) is 0 Å². The lowest BCUT2D eigenvalue weighted by Gasteiger charge is -2.23. The molecule has 0 saturated carbocycles. The molecule has 2 aromatic rings. The second kappa shape index (κ2) is 9.78. The van der Waals surface area contributed by atoms with Gasteiger partial charge in [0.2, 0.25) is 11.8 Å². The highest BCUT2D eigenvalue weighted by Gasteiger charge is 2.26.